The second-order valence-corrected chi connectivity index (χ2v) is 6.69. The van der Waals surface area contributed by atoms with Gasteiger partial charge >= 0.3 is 6.18 Å². The first-order valence-corrected chi connectivity index (χ1v) is 9.67. The smallest absolute Gasteiger partial charge is 0.421 e. The summed E-state index contributed by atoms with van der Waals surface area (Å²) in [6.07, 6.45) is -3.91. The maximum Gasteiger partial charge on any atom is 0.421 e. The van der Waals surface area contributed by atoms with E-state index in [0.717, 1.165) is 11.8 Å². The van der Waals surface area contributed by atoms with Crippen LogP contribution in [0.2, 0.25) is 0 Å². The molecule has 0 radical (unpaired) electrons. The highest BCUT2D eigenvalue weighted by Crippen LogP contribution is 2.41. The van der Waals surface area contributed by atoms with E-state index in [1.165, 1.54) is 28.4 Å². The molecule has 3 rings (SSSR count). The summed E-state index contributed by atoms with van der Waals surface area (Å²) in [6.45, 7) is 0.119. The molecule has 0 saturated carbocycles. The summed E-state index contributed by atoms with van der Waals surface area (Å²) in [4.78, 5) is 7.87. The van der Waals surface area contributed by atoms with E-state index in [4.69, 9.17) is 18.9 Å². The van der Waals surface area contributed by atoms with Crippen LogP contribution in [0.1, 0.15) is 11.1 Å². The highest BCUT2D eigenvalue weighted by molar-refractivity contribution is 5.66. The monoisotopic (exact) mass is 464 g/mol. The molecule has 2 N–H and O–H groups in total. The number of rotatable bonds is 9. The Hall–Kier alpha value is -3.89. The number of nitrogens with zero attached hydrogens (tertiary/aromatic N) is 2. The second-order valence-electron chi connectivity index (χ2n) is 6.69. The van der Waals surface area contributed by atoms with Gasteiger partial charge in [0.1, 0.15) is 17.1 Å². The molecule has 2 aromatic carbocycles. The predicted octanol–water partition coefficient (Wildman–Crippen LogP) is 4.89. The van der Waals surface area contributed by atoms with E-state index in [1.54, 1.807) is 36.4 Å². The largest absolute Gasteiger partial charge is 0.497 e. The zero-order valence-electron chi connectivity index (χ0n) is 18.4. The van der Waals surface area contributed by atoms with Gasteiger partial charge in [0.25, 0.3) is 0 Å². The Kier molecular flexibility index (Phi) is 7.31. The lowest BCUT2D eigenvalue weighted by Gasteiger charge is -2.16. The average molecular weight is 464 g/mol. The first-order valence-electron chi connectivity index (χ1n) is 9.67. The topological polar surface area (TPSA) is 86.8 Å². The molecule has 0 aliphatic heterocycles. The molecule has 0 unspecified atom stereocenters. The molecular weight excluding hydrogens is 441 g/mol. The summed E-state index contributed by atoms with van der Waals surface area (Å²) >= 11 is 0. The van der Waals surface area contributed by atoms with Crippen molar-refractivity contribution in [2.24, 2.45) is 0 Å². The normalized spacial score (nSPS) is 11.0. The van der Waals surface area contributed by atoms with Crippen LogP contribution in [0.15, 0.2) is 42.6 Å². The Morgan fingerprint density at radius 1 is 0.879 bits per heavy atom. The molecule has 8 nitrogen and oxygen atoms in total. The van der Waals surface area contributed by atoms with Gasteiger partial charge in [0, 0.05) is 30.6 Å². The minimum absolute atomic E-state index is 0.0468. The standard InChI is InChI=1S/C22H23F3N4O4/c1-30-15-7-5-13(6-8-15)11-26-20-16(22(23,24)25)12-27-21(29-20)28-14-9-17(31-2)19(33-4)18(10-14)32-3/h5-10,12H,11H2,1-4H3,(H2,26,27,28,29). The SMILES string of the molecule is COc1ccc(CNc2nc(Nc3cc(OC)c(OC)c(OC)c3)ncc2C(F)(F)F)cc1. The molecule has 0 aliphatic carbocycles. The van der Waals surface area contributed by atoms with Gasteiger partial charge < -0.3 is 29.6 Å². The minimum Gasteiger partial charge on any atom is -0.497 e. The third kappa shape index (κ3) is 5.68. The number of aromatic nitrogens is 2. The summed E-state index contributed by atoms with van der Waals surface area (Å²) < 4.78 is 61.5. The molecule has 176 valence electrons. The maximum absolute atomic E-state index is 13.5. The molecular formula is C22H23F3N4O4. The molecule has 3 aromatic rings. The number of anilines is 3. The number of hydrogen-bond donors (Lipinski definition) is 2. The third-order valence-electron chi connectivity index (χ3n) is 4.63. The van der Waals surface area contributed by atoms with Gasteiger partial charge in [0.05, 0.1) is 28.4 Å². The van der Waals surface area contributed by atoms with Gasteiger partial charge in [0.15, 0.2) is 11.5 Å². The molecule has 1 heterocycles. The van der Waals surface area contributed by atoms with Crippen molar-refractivity contribution in [2.45, 2.75) is 12.7 Å². The van der Waals surface area contributed by atoms with Crippen molar-refractivity contribution in [1.29, 1.82) is 0 Å². The van der Waals surface area contributed by atoms with Gasteiger partial charge in [-0.25, -0.2) is 4.98 Å². The van der Waals surface area contributed by atoms with Crippen LogP contribution >= 0.6 is 0 Å². The van der Waals surface area contributed by atoms with Crippen molar-refractivity contribution in [1.82, 2.24) is 9.97 Å². The van der Waals surface area contributed by atoms with Gasteiger partial charge in [-0.3, -0.25) is 0 Å². The van der Waals surface area contributed by atoms with Crippen molar-refractivity contribution in [3.8, 4) is 23.0 Å². The molecule has 33 heavy (non-hydrogen) atoms. The summed E-state index contributed by atoms with van der Waals surface area (Å²) in [5.41, 5.74) is 0.207. The van der Waals surface area contributed by atoms with Gasteiger partial charge in [-0.05, 0) is 17.7 Å². The molecule has 0 fully saturated rings. The van der Waals surface area contributed by atoms with E-state index in [-0.39, 0.29) is 18.3 Å². The number of alkyl halides is 3. The Labute approximate surface area is 188 Å². The Morgan fingerprint density at radius 3 is 2.03 bits per heavy atom. The van der Waals surface area contributed by atoms with E-state index in [2.05, 4.69) is 20.6 Å². The fourth-order valence-corrected chi connectivity index (χ4v) is 3.00. The van der Waals surface area contributed by atoms with E-state index in [9.17, 15) is 13.2 Å². The van der Waals surface area contributed by atoms with Crippen molar-refractivity contribution < 1.29 is 32.1 Å². The second kappa shape index (κ2) is 10.2. The van der Waals surface area contributed by atoms with Crippen molar-refractivity contribution in [3.05, 3.63) is 53.7 Å². The maximum atomic E-state index is 13.5. The van der Waals surface area contributed by atoms with Crippen LogP contribution in [0.25, 0.3) is 0 Å². The molecule has 0 saturated heterocycles. The number of methoxy groups -OCH3 is 4. The summed E-state index contributed by atoms with van der Waals surface area (Å²) in [5.74, 6) is 1.35. The fraction of sp³-hybridized carbons (Fsp3) is 0.273. The molecule has 0 atom stereocenters. The van der Waals surface area contributed by atoms with Crippen LogP contribution < -0.4 is 29.6 Å². The van der Waals surface area contributed by atoms with Crippen LogP contribution in [0.4, 0.5) is 30.6 Å². The third-order valence-corrected chi connectivity index (χ3v) is 4.63. The lowest BCUT2D eigenvalue weighted by molar-refractivity contribution is -0.137. The van der Waals surface area contributed by atoms with E-state index >= 15 is 0 Å². The van der Waals surface area contributed by atoms with Gasteiger partial charge in [-0.15, -0.1) is 0 Å². The number of halogens is 3. The van der Waals surface area contributed by atoms with Gasteiger partial charge in [0.2, 0.25) is 11.7 Å². The van der Waals surface area contributed by atoms with Gasteiger partial charge in [-0.1, -0.05) is 12.1 Å². The zero-order valence-corrected chi connectivity index (χ0v) is 18.4. The lowest BCUT2D eigenvalue weighted by atomic mass is 10.2. The van der Waals surface area contributed by atoms with Crippen molar-refractivity contribution >= 4 is 17.5 Å². The minimum atomic E-state index is -4.63. The number of ether oxygens (including phenoxy) is 4. The van der Waals surface area contributed by atoms with E-state index in [1.807, 2.05) is 0 Å². The van der Waals surface area contributed by atoms with Crippen LogP contribution in [-0.4, -0.2) is 38.4 Å². The lowest BCUT2D eigenvalue weighted by Crippen LogP contribution is -2.14. The Balaban J connectivity index is 1.89. The highest BCUT2D eigenvalue weighted by atomic mass is 19.4. The van der Waals surface area contributed by atoms with Crippen LogP contribution in [-0.2, 0) is 12.7 Å². The first-order chi connectivity index (χ1) is 15.8. The summed E-state index contributed by atoms with van der Waals surface area (Å²) in [7, 11) is 5.91. The summed E-state index contributed by atoms with van der Waals surface area (Å²) in [6, 6.07) is 10.1. The molecule has 0 aliphatic rings. The Bertz CT molecular complexity index is 1070. The van der Waals surface area contributed by atoms with Gasteiger partial charge in [-0.2, -0.15) is 18.2 Å². The molecule has 0 bridgehead atoms. The number of hydrogen-bond acceptors (Lipinski definition) is 8. The Morgan fingerprint density at radius 2 is 1.52 bits per heavy atom. The fourth-order valence-electron chi connectivity index (χ4n) is 3.00. The van der Waals surface area contributed by atoms with Crippen molar-refractivity contribution in [3.63, 3.8) is 0 Å². The van der Waals surface area contributed by atoms with Crippen molar-refractivity contribution in [2.75, 3.05) is 39.1 Å². The van der Waals surface area contributed by atoms with E-state index < -0.39 is 11.7 Å². The quantitative estimate of drug-likeness (QED) is 0.463. The zero-order chi connectivity index (χ0) is 24.0. The highest BCUT2D eigenvalue weighted by Gasteiger charge is 2.35. The predicted molar refractivity (Wildman–Crippen MR) is 117 cm³/mol. The molecule has 0 spiro atoms. The molecule has 0 amide bonds. The average Bonchev–Trinajstić information content (AvgIpc) is 2.81. The molecule has 11 heteroatoms. The number of benzene rings is 2. The van der Waals surface area contributed by atoms with E-state index in [0.29, 0.717) is 28.7 Å². The first kappa shape index (κ1) is 23.8. The number of nitrogens with one attached hydrogen (secondary N) is 2. The van der Waals surface area contributed by atoms with Crippen LogP contribution in [0.5, 0.6) is 23.0 Å². The van der Waals surface area contributed by atoms with Crippen LogP contribution in [0, 0.1) is 0 Å². The molecule has 1 aromatic heterocycles. The summed E-state index contributed by atoms with van der Waals surface area (Å²) in [5, 5.41) is 5.62. The van der Waals surface area contributed by atoms with Crippen LogP contribution in [0.3, 0.4) is 0 Å².